The Bertz CT molecular complexity index is 693. The van der Waals surface area contributed by atoms with Crippen molar-refractivity contribution in [3.05, 3.63) is 70.8 Å². The molecule has 0 aliphatic carbocycles. The minimum Gasteiger partial charge on any atom is -0.491 e. The van der Waals surface area contributed by atoms with Gasteiger partial charge in [0.15, 0.2) is 0 Å². The predicted molar refractivity (Wildman–Crippen MR) is 99.5 cm³/mol. The molecular formula is C20H22ClNO2. The molecule has 2 aromatic rings. The molecule has 4 heteroatoms. The van der Waals surface area contributed by atoms with Gasteiger partial charge in [-0.2, -0.15) is 0 Å². The molecule has 0 aliphatic rings. The summed E-state index contributed by atoms with van der Waals surface area (Å²) in [6.07, 6.45) is 3.26. The third kappa shape index (κ3) is 5.74. The van der Waals surface area contributed by atoms with Crippen LogP contribution in [-0.2, 0) is 4.79 Å². The maximum atomic E-state index is 11.8. The molecule has 0 aliphatic heterocycles. The average molecular weight is 344 g/mol. The highest BCUT2D eigenvalue weighted by molar-refractivity contribution is 6.30. The number of hydrogen-bond donors (Lipinski definition) is 1. The maximum Gasteiger partial charge on any atom is 0.244 e. The van der Waals surface area contributed by atoms with E-state index in [2.05, 4.69) is 25.2 Å². The lowest BCUT2D eigenvalue weighted by molar-refractivity contribution is -0.116. The van der Waals surface area contributed by atoms with Crippen LogP contribution >= 0.6 is 11.6 Å². The molecule has 0 atom stereocenters. The van der Waals surface area contributed by atoms with E-state index in [-0.39, 0.29) is 5.91 Å². The van der Waals surface area contributed by atoms with E-state index in [0.29, 0.717) is 24.1 Å². The van der Waals surface area contributed by atoms with Gasteiger partial charge in [-0.1, -0.05) is 55.8 Å². The molecule has 0 aromatic heterocycles. The number of nitrogens with one attached hydrogen (secondary N) is 1. The molecule has 24 heavy (non-hydrogen) atoms. The van der Waals surface area contributed by atoms with Crippen molar-refractivity contribution in [1.29, 1.82) is 0 Å². The number of para-hydroxylation sites is 1. The molecule has 0 fully saturated rings. The molecule has 2 aromatic carbocycles. The molecule has 0 spiro atoms. The Balaban J connectivity index is 1.76. The van der Waals surface area contributed by atoms with Crippen molar-refractivity contribution in [3.8, 4) is 5.75 Å². The highest BCUT2D eigenvalue weighted by Gasteiger charge is 2.06. The van der Waals surface area contributed by atoms with Crippen molar-refractivity contribution in [2.75, 3.05) is 13.2 Å². The van der Waals surface area contributed by atoms with Crippen LogP contribution in [0.3, 0.4) is 0 Å². The predicted octanol–water partition coefficient (Wildman–Crippen LogP) is 4.67. The number of ether oxygens (including phenoxy) is 1. The van der Waals surface area contributed by atoms with Crippen molar-refractivity contribution in [2.45, 2.75) is 19.8 Å². The third-order valence-electron chi connectivity index (χ3n) is 3.50. The first-order valence-corrected chi connectivity index (χ1v) is 8.37. The van der Waals surface area contributed by atoms with E-state index in [1.54, 1.807) is 18.2 Å². The number of halogens is 1. The molecule has 2 rings (SSSR count). The first-order valence-electron chi connectivity index (χ1n) is 7.99. The van der Waals surface area contributed by atoms with Crippen LogP contribution in [0.4, 0.5) is 0 Å². The Labute approximate surface area is 148 Å². The highest BCUT2D eigenvalue weighted by atomic mass is 35.5. The van der Waals surface area contributed by atoms with Crippen LogP contribution in [0, 0.1) is 0 Å². The largest absolute Gasteiger partial charge is 0.491 e. The van der Waals surface area contributed by atoms with E-state index < -0.39 is 0 Å². The summed E-state index contributed by atoms with van der Waals surface area (Å²) in [5.74, 6) is 1.13. The van der Waals surface area contributed by atoms with Gasteiger partial charge in [0.25, 0.3) is 0 Å². The average Bonchev–Trinajstić information content (AvgIpc) is 2.58. The quantitative estimate of drug-likeness (QED) is 0.586. The maximum absolute atomic E-state index is 11.8. The molecule has 126 valence electrons. The van der Waals surface area contributed by atoms with E-state index in [9.17, 15) is 4.79 Å². The summed E-state index contributed by atoms with van der Waals surface area (Å²) in [6.45, 7) is 5.15. The number of benzene rings is 2. The van der Waals surface area contributed by atoms with E-state index in [1.807, 2.05) is 30.3 Å². The van der Waals surface area contributed by atoms with Gasteiger partial charge in [-0.3, -0.25) is 4.79 Å². The van der Waals surface area contributed by atoms with Crippen LogP contribution < -0.4 is 10.1 Å². The molecule has 0 saturated heterocycles. The summed E-state index contributed by atoms with van der Waals surface area (Å²) in [5, 5.41) is 3.48. The van der Waals surface area contributed by atoms with E-state index in [0.717, 1.165) is 11.3 Å². The summed E-state index contributed by atoms with van der Waals surface area (Å²) >= 11 is 5.82. The summed E-state index contributed by atoms with van der Waals surface area (Å²) in [5.41, 5.74) is 2.10. The van der Waals surface area contributed by atoms with Crippen LogP contribution in [0.2, 0.25) is 5.02 Å². The molecule has 3 nitrogen and oxygen atoms in total. The Morgan fingerprint density at radius 2 is 1.88 bits per heavy atom. The zero-order valence-corrected chi connectivity index (χ0v) is 14.7. The SMILES string of the molecule is CC(C)c1ccccc1OCCNC(=O)/C=C/c1ccc(Cl)cc1. The second-order valence-corrected chi connectivity index (χ2v) is 6.15. The van der Waals surface area contributed by atoms with E-state index in [1.165, 1.54) is 11.6 Å². The Morgan fingerprint density at radius 1 is 1.17 bits per heavy atom. The van der Waals surface area contributed by atoms with Crippen LogP contribution in [0.1, 0.15) is 30.9 Å². The van der Waals surface area contributed by atoms with Crippen LogP contribution in [0.25, 0.3) is 6.08 Å². The van der Waals surface area contributed by atoms with Crippen molar-refractivity contribution < 1.29 is 9.53 Å². The summed E-state index contributed by atoms with van der Waals surface area (Å²) in [4.78, 5) is 11.8. The van der Waals surface area contributed by atoms with Gasteiger partial charge in [0.1, 0.15) is 12.4 Å². The van der Waals surface area contributed by atoms with Crippen LogP contribution in [0.15, 0.2) is 54.6 Å². The van der Waals surface area contributed by atoms with Gasteiger partial charge >= 0.3 is 0 Å². The first kappa shape index (κ1) is 18.1. The molecule has 0 saturated carbocycles. The number of amides is 1. The zero-order valence-electron chi connectivity index (χ0n) is 14.0. The normalized spacial score (nSPS) is 11.0. The van der Waals surface area contributed by atoms with Gasteiger partial charge in [-0.15, -0.1) is 0 Å². The molecule has 0 heterocycles. The Hall–Kier alpha value is -2.26. The smallest absolute Gasteiger partial charge is 0.244 e. The standard InChI is InChI=1S/C20H22ClNO2/c1-15(2)18-5-3-4-6-19(18)24-14-13-22-20(23)12-9-16-7-10-17(21)11-8-16/h3-12,15H,13-14H2,1-2H3,(H,22,23)/b12-9+. The topological polar surface area (TPSA) is 38.3 Å². The van der Waals surface area contributed by atoms with Gasteiger partial charge in [0.2, 0.25) is 5.91 Å². The van der Waals surface area contributed by atoms with Gasteiger partial charge < -0.3 is 10.1 Å². The molecular weight excluding hydrogens is 322 g/mol. The van der Waals surface area contributed by atoms with Gasteiger partial charge in [-0.05, 0) is 41.3 Å². The van der Waals surface area contributed by atoms with Crippen molar-refractivity contribution in [3.63, 3.8) is 0 Å². The number of hydrogen-bond acceptors (Lipinski definition) is 2. The summed E-state index contributed by atoms with van der Waals surface area (Å²) in [7, 11) is 0. The van der Waals surface area contributed by atoms with Gasteiger partial charge in [0, 0.05) is 11.1 Å². The van der Waals surface area contributed by atoms with E-state index in [4.69, 9.17) is 16.3 Å². The minimum absolute atomic E-state index is 0.148. The number of carbonyl (C=O) groups is 1. The fraction of sp³-hybridized carbons (Fsp3) is 0.250. The number of carbonyl (C=O) groups excluding carboxylic acids is 1. The zero-order chi connectivity index (χ0) is 17.4. The lowest BCUT2D eigenvalue weighted by atomic mass is 10.0. The fourth-order valence-electron chi connectivity index (χ4n) is 2.23. The molecule has 1 amide bonds. The van der Waals surface area contributed by atoms with Crippen molar-refractivity contribution in [1.82, 2.24) is 5.32 Å². The molecule has 1 N–H and O–H groups in total. The van der Waals surface area contributed by atoms with Crippen LogP contribution in [0.5, 0.6) is 5.75 Å². The van der Waals surface area contributed by atoms with E-state index >= 15 is 0 Å². The summed E-state index contributed by atoms with van der Waals surface area (Å²) < 4.78 is 5.77. The minimum atomic E-state index is -0.148. The van der Waals surface area contributed by atoms with Crippen molar-refractivity contribution in [2.24, 2.45) is 0 Å². The molecule has 0 bridgehead atoms. The van der Waals surface area contributed by atoms with Crippen molar-refractivity contribution >= 4 is 23.6 Å². The molecule has 0 radical (unpaired) electrons. The second kappa shape index (κ2) is 9.14. The third-order valence-corrected chi connectivity index (χ3v) is 3.75. The highest BCUT2D eigenvalue weighted by Crippen LogP contribution is 2.25. The second-order valence-electron chi connectivity index (χ2n) is 5.72. The Morgan fingerprint density at radius 3 is 2.58 bits per heavy atom. The summed E-state index contributed by atoms with van der Waals surface area (Å²) in [6, 6.07) is 15.3. The van der Waals surface area contributed by atoms with Gasteiger partial charge in [-0.25, -0.2) is 0 Å². The fourth-order valence-corrected chi connectivity index (χ4v) is 2.35. The monoisotopic (exact) mass is 343 g/mol. The number of rotatable bonds is 7. The van der Waals surface area contributed by atoms with Gasteiger partial charge in [0.05, 0.1) is 6.54 Å². The molecule has 0 unspecified atom stereocenters. The lowest BCUT2D eigenvalue weighted by Gasteiger charge is -2.13. The lowest BCUT2D eigenvalue weighted by Crippen LogP contribution is -2.26. The van der Waals surface area contributed by atoms with Crippen LogP contribution in [-0.4, -0.2) is 19.1 Å². The first-order chi connectivity index (χ1) is 11.6. The Kier molecular flexibility index (Phi) is 6.89.